The summed E-state index contributed by atoms with van der Waals surface area (Å²) in [5.74, 6) is 0.0849. The number of para-hydroxylation sites is 1. The summed E-state index contributed by atoms with van der Waals surface area (Å²) in [6.45, 7) is 1.72. The summed E-state index contributed by atoms with van der Waals surface area (Å²) in [5.41, 5.74) is 1.74. The van der Waals surface area contributed by atoms with Crippen LogP contribution < -0.4 is 0 Å². The van der Waals surface area contributed by atoms with Gasteiger partial charge in [-0.25, -0.2) is 14.5 Å². The van der Waals surface area contributed by atoms with E-state index in [1.807, 2.05) is 6.07 Å². The van der Waals surface area contributed by atoms with E-state index in [1.54, 1.807) is 49.5 Å². The number of pyridine rings is 1. The lowest BCUT2D eigenvalue weighted by molar-refractivity contribution is 0.0601. The number of esters is 1. The molecule has 0 aliphatic rings. The highest BCUT2D eigenvalue weighted by Crippen LogP contribution is 2.34. The van der Waals surface area contributed by atoms with Crippen molar-refractivity contribution in [1.82, 2.24) is 14.8 Å². The zero-order valence-corrected chi connectivity index (χ0v) is 12.7. The third-order valence-corrected chi connectivity index (χ3v) is 3.48. The molecule has 2 aromatic heterocycles. The Bertz CT molecular complexity index is 857. The molecule has 0 unspecified atom stereocenters. The van der Waals surface area contributed by atoms with Crippen LogP contribution in [0.4, 0.5) is 0 Å². The van der Waals surface area contributed by atoms with E-state index in [9.17, 15) is 9.90 Å². The lowest BCUT2D eigenvalue weighted by Crippen LogP contribution is -2.06. The predicted octanol–water partition coefficient (Wildman–Crippen LogP) is 2.73. The number of carbonyl (C=O) groups excluding carboxylic acids is 1. The Kier molecular flexibility index (Phi) is 3.80. The van der Waals surface area contributed by atoms with Gasteiger partial charge in [0.25, 0.3) is 0 Å². The molecule has 0 amide bonds. The first-order valence-corrected chi connectivity index (χ1v) is 7.01. The minimum atomic E-state index is -0.511. The molecule has 0 aliphatic heterocycles. The average Bonchev–Trinajstić information content (AvgIpc) is 2.92. The summed E-state index contributed by atoms with van der Waals surface area (Å²) >= 11 is 0. The van der Waals surface area contributed by atoms with E-state index >= 15 is 0 Å². The molecule has 6 nitrogen and oxygen atoms in total. The molecule has 3 aromatic rings. The Morgan fingerprint density at radius 3 is 2.57 bits per heavy atom. The maximum atomic E-state index is 12.2. The van der Waals surface area contributed by atoms with E-state index in [2.05, 4.69) is 10.1 Å². The number of methoxy groups -OCH3 is 1. The molecular weight excluding hydrogens is 294 g/mol. The number of hydrogen-bond acceptors (Lipinski definition) is 5. The van der Waals surface area contributed by atoms with Crippen LogP contribution in [-0.4, -0.2) is 33.0 Å². The van der Waals surface area contributed by atoms with Crippen LogP contribution in [0, 0.1) is 6.92 Å². The van der Waals surface area contributed by atoms with Crippen molar-refractivity contribution in [3.05, 3.63) is 59.9 Å². The number of benzene rings is 1. The van der Waals surface area contributed by atoms with Gasteiger partial charge in [-0.3, -0.25) is 0 Å². The first-order valence-electron chi connectivity index (χ1n) is 7.01. The molecule has 0 radical (unpaired) electrons. The van der Waals surface area contributed by atoms with Gasteiger partial charge < -0.3 is 9.84 Å². The normalized spacial score (nSPS) is 10.5. The lowest BCUT2D eigenvalue weighted by Gasteiger charge is -2.10. The van der Waals surface area contributed by atoms with Crippen LogP contribution in [0.25, 0.3) is 17.1 Å². The minimum absolute atomic E-state index is 0.0507. The van der Waals surface area contributed by atoms with Gasteiger partial charge >= 0.3 is 5.97 Å². The molecule has 3 rings (SSSR count). The fourth-order valence-electron chi connectivity index (χ4n) is 2.44. The number of aromatic nitrogens is 3. The molecule has 0 atom stereocenters. The Labute approximate surface area is 133 Å². The van der Waals surface area contributed by atoms with Gasteiger partial charge in [0.1, 0.15) is 11.3 Å². The topological polar surface area (TPSA) is 77.2 Å². The predicted molar refractivity (Wildman–Crippen MR) is 84.5 cm³/mol. The van der Waals surface area contributed by atoms with Crippen molar-refractivity contribution in [2.75, 3.05) is 7.11 Å². The third-order valence-electron chi connectivity index (χ3n) is 3.48. The number of aryl methyl sites for hydroxylation is 1. The van der Waals surface area contributed by atoms with Crippen molar-refractivity contribution < 1.29 is 14.6 Å². The van der Waals surface area contributed by atoms with E-state index in [-0.39, 0.29) is 5.75 Å². The fourth-order valence-corrected chi connectivity index (χ4v) is 2.44. The fraction of sp³-hybridized carbons (Fsp3) is 0.118. The highest BCUT2D eigenvalue weighted by Gasteiger charge is 2.26. The Morgan fingerprint density at radius 1 is 1.17 bits per heavy atom. The molecule has 6 heteroatoms. The second kappa shape index (κ2) is 5.92. The van der Waals surface area contributed by atoms with E-state index in [4.69, 9.17) is 4.74 Å². The molecule has 0 fully saturated rings. The number of phenolic OH excluding ortho intramolecular Hbond substituents is 1. The smallest absolute Gasteiger partial charge is 0.342 e. The van der Waals surface area contributed by atoms with Gasteiger partial charge in [-0.05, 0) is 31.2 Å². The van der Waals surface area contributed by atoms with E-state index in [1.165, 1.54) is 11.8 Å². The van der Waals surface area contributed by atoms with Crippen LogP contribution in [0.1, 0.15) is 16.1 Å². The molecule has 0 aliphatic carbocycles. The standard InChI is InChI=1S/C17H15N3O3/c1-11-15(17(22)23-2)16(12-7-3-4-8-13(12)21)20(19-11)14-9-5-6-10-18-14/h3-10,21H,1-2H3. The van der Waals surface area contributed by atoms with Crippen LogP contribution in [0.5, 0.6) is 5.75 Å². The summed E-state index contributed by atoms with van der Waals surface area (Å²) in [6, 6.07) is 12.2. The van der Waals surface area contributed by atoms with Gasteiger partial charge in [-0.2, -0.15) is 5.10 Å². The van der Waals surface area contributed by atoms with Crippen LogP contribution >= 0.6 is 0 Å². The molecule has 0 spiro atoms. The van der Waals surface area contributed by atoms with Gasteiger partial charge in [0, 0.05) is 11.8 Å². The highest BCUT2D eigenvalue weighted by atomic mass is 16.5. The molecule has 0 saturated carbocycles. The van der Waals surface area contributed by atoms with Crippen LogP contribution in [0.3, 0.4) is 0 Å². The summed E-state index contributed by atoms with van der Waals surface area (Å²) in [5, 5.41) is 14.6. The SMILES string of the molecule is COC(=O)c1c(C)nn(-c2ccccn2)c1-c1ccccc1O. The molecular formula is C17H15N3O3. The molecule has 23 heavy (non-hydrogen) atoms. The quantitative estimate of drug-likeness (QED) is 0.753. The van der Waals surface area contributed by atoms with Crippen molar-refractivity contribution in [3.63, 3.8) is 0 Å². The lowest BCUT2D eigenvalue weighted by atomic mass is 10.0. The number of phenols is 1. The molecule has 0 bridgehead atoms. The van der Waals surface area contributed by atoms with Crippen LogP contribution in [-0.2, 0) is 4.74 Å². The summed E-state index contributed by atoms with van der Waals surface area (Å²) in [7, 11) is 1.31. The first-order chi connectivity index (χ1) is 11.1. The third kappa shape index (κ3) is 2.55. The molecule has 2 heterocycles. The maximum absolute atomic E-state index is 12.2. The van der Waals surface area contributed by atoms with Crippen molar-refractivity contribution in [3.8, 4) is 22.8 Å². The van der Waals surface area contributed by atoms with Gasteiger partial charge in [0.15, 0.2) is 5.82 Å². The van der Waals surface area contributed by atoms with Gasteiger partial charge in [0.2, 0.25) is 0 Å². The molecule has 1 N–H and O–H groups in total. The number of aromatic hydroxyl groups is 1. The Balaban J connectivity index is 2.34. The van der Waals surface area contributed by atoms with E-state index < -0.39 is 5.97 Å². The van der Waals surface area contributed by atoms with Crippen molar-refractivity contribution >= 4 is 5.97 Å². The number of nitrogens with zero attached hydrogens (tertiary/aromatic N) is 3. The maximum Gasteiger partial charge on any atom is 0.342 e. The van der Waals surface area contributed by atoms with E-state index in [0.29, 0.717) is 28.3 Å². The second-order valence-corrected chi connectivity index (χ2v) is 4.92. The number of carbonyl (C=O) groups is 1. The summed E-state index contributed by atoms with van der Waals surface area (Å²) < 4.78 is 6.41. The second-order valence-electron chi connectivity index (χ2n) is 4.92. The Hall–Kier alpha value is -3.15. The van der Waals surface area contributed by atoms with Crippen molar-refractivity contribution in [2.45, 2.75) is 6.92 Å². The minimum Gasteiger partial charge on any atom is -0.507 e. The molecule has 0 saturated heterocycles. The van der Waals surface area contributed by atoms with E-state index in [0.717, 1.165) is 0 Å². The highest BCUT2D eigenvalue weighted by molar-refractivity contribution is 5.98. The van der Waals surface area contributed by atoms with Gasteiger partial charge in [-0.1, -0.05) is 18.2 Å². The van der Waals surface area contributed by atoms with Crippen molar-refractivity contribution in [2.24, 2.45) is 0 Å². The largest absolute Gasteiger partial charge is 0.507 e. The van der Waals surface area contributed by atoms with Crippen LogP contribution in [0.2, 0.25) is 0 Å². The monoisotopic (exact) mass is 309 g/mol. The van der Waals surface area contributed by atoms with Crippen LogP contribution in [0.15, 0.2) is 48.7 Å². The van der Waals surface area contributed by atoms with Gasteiger partial charge in [-0.15, -0.1) is 0 Å². The summed E-state index contributed by atoms with van der Waals surface area (Å²) in [4.78, 5) is 16.5. The number of rotatable bonds is 3. The average molecular weight is 309 g/mol. The molecule has 116 valence electrons. The zero-order chi connectivity index (χ0) is 16.4. The first kappa shape index (κ1) is 14.8. The number of ether oxygens (including phenoxy) is 1. The van der Waals surface area contributed by atoms with Crippen molar-refractivity contribution in [1.29, 1.82) is 0 Å². The Morgan fingerprint density at radius 2 is 1.91 bits per heavy atom. The summed E-state index contributed by atoms with van der Waals surface area (Å²) in [6.07, 6.45) is 1.64. The van der Waals surface area contributed by atoms with Gasteiger partial charge in [0.05, 0.1) is 18.5 Å². The zero-order valence-electron chi connectivity index (χ0n) is 12.7. The number of hydrogen-bond donors (Lipinski definition) is 1. The molecule has 1 aromatic carbocycles.